The number of rotatable bonds is 10. The minimum absolute atomic E-state index is 0.0994. The molecule has 4 rings (SSSR count). The quantitative estimate of drug-likeness (QED) is 0.215. The number of pyridine rings is 1. The number of hydrogen-bond acceptors (Lipinski definition) is 5. The Morgan fingerprint density at radius 3 is 2.55 bits per heavy atom. The van der Waals surface area contributed by atoms with Gasteiger partial charge in [-0.05, 0) is 60.6 Å². The van der Waals surface area contributed by atoms with Crippen LogP contribution in [0, 0.1) is 0 Å². The summed E-state index contributed by atoms with van der Waals surface area (Å²) in [5.74, 6) is -1.09. The van der Waals surface area contributed by atoms with Gasteiger partial charge in [-0.3, -0.25) is 4.79 Å². The molecule has 0 aliphatic carbocycles. The number of hydrogen-bond donors (Lipinski definition) is 2. The Morgan fingerprint density at radius 1 is 1.15 bits per heavy atom. The highest BCUT2D eigenvalue weighted by atomic mass is 79.9. The van der Waals surface area contributed by atoms with Crippen LogP contribution in [-0.4, -0.2) is 39.0 Å². The molecule has 3 heterocycles. The molecule has 0 amide bonds. The summed E-state index contributed by atoms with van der Waals surface area (Å²) in [5.41, 5.74) is 2.17. The zero-order valence-electron chi connectivity index (χ0n) is 22.3. The van der Waals surface area contributed by atoms with Crippen LogP contribution < -0.4 is 10.1 Å². The van der Waals surface area contributed by atoms with E-state index in [-0.39, 0.29) is 23.1 Å². The second-order valence-corrected chi connectivity index (χ2v) is 12.5. The van der Waals surface area contributed by atoms with Crippen molar-refractivity contribution in [1.82, 2.24) is 14.8 Å². The van der Waals surface area contributed by atoms with E-state index in [1.165, 1.54) is 16.3 Å². The molecule has 0 saturated carbocycles. The van der Waals surface area contributed by atoms with E-state index >= 15 is 0 Å². The van der Waals surface area contributed by atoms with Crippen molar-refractivity contribution < 1.29 is 34.1 Å². The molecule has 7 nitrogen and oxygen atoms in total. The lowest BCUT2D eigenvalue weighted by Crippen LogP contribution is -2.14. The third kappa shape index (κ3) is 8.56. The predicted molar refractivity (Wildman–Crippen MR) is 149 cm³/mol. The van der Waals surface area contributed by atoms with Crippen LogP contribution in [0.5, 0.6) is 5.88 Å². The summed E-state index contributed by atoms with van der Waals surface area (Å²) in [6, 6.07) is 7.36. The topological polar surface area (TPSA) is 89.3 Å². The van der Waals surface area contributed by atoms with Gasteiger partial charge in [0.15, 0.2) is 0 Å². The summed E-state index contributed by atoms with van der Waals surface area (Å²) < 4.78 is 74.3. The number of ether oxygens (including phenoxy) is 1. The molecule has 1 aromatic carbocycles. The fraction of sp³-hybridized carbons (Fsp3) is 0.423. The third-order valence-electron chi connectivity index (χ3n) is 6.13. The summed E-state index contributed by atoms with van der Waals surface area (Å²) in [7, 11) is -8.37. The highest BCUT2D eigenvalue weighted by molar-refractivity contribution is 9.10. The van der Waals surface area contributed by atoms with Crippen LogP contribution in [0.15, 0.2) is 45.8 Å². The molecule has 0 spiro atoms. The molecule has 1 aliphatic heterocycles. The van der Waals surface area contributed by atoms with E-state index < -0.39 is 33.4 Å². The summed E-state index contributed by atoms with van der Waals surface area (Å²) >= 11 is 2.85. The van der Waals surface area contributed by atoms with Crippen LogP contribution in [0.3, 0.4) is 0 Å². The monoisotopic (exact) mass is 654 g/mol. The Morgan fingerprint density at radius 2 is 1.88 bits per heavy atom. The van der Waals surface area contributed by atoms with Crippen LogP contribution in [0.1, 0.15) is 55.1 Å². The minimum Gasteiger partial charge on any atom is -0.481 e. The van der Waals surface area contributed by atoms with Gasteiger partial charge in [0.25, 0.3) is 0 Å². The first-order chi connectivity index (χ1) is 18.6. The number of anilines is 1. The average Bonchev–Trinajstić information content (AvgIpc) is 3.21. The number of halogens is 6. The van der Waals surface area contributed by atoms with Gasteiger partial charge < -0.3 is 15.2 Å². The first-order valence-corrected chi connectivity index (χ1v) is 15.5. The fourth-order valence-electron chi connectivity index (χ4n) is 4.32. The Labute approximate surface area is 238 Å². The Kier molecular flexibility index (Phi) is 9.14. The molecule has 1 unspecified atom stereocenters. The fourth-order valence-corrected chi connectivity index (χ4v) is 5.69. The van der Waals surface area contributed by atoms with Gasteiger partial charge in [-0.1, -0.05) is 55.3 Å². The minimum atomic E-state index is -9.98. The molecule has 1 aliphatic rings. The standard InChI is InChI=1S/C24H26BrF5N4O3S.C2H6/c1-34-22(37-8-6-19-5-4-15-3-2-7-31-24(15)32-19)14-20(33-34)10-17(12-23(35)36)16-9-18(25)13-21(11-16)38(26,27,28,29)30;1-2/h4-5,9,11,13-14,17H,2-3,6-8,10,12H2,1H3,(H,31,32)(H,35,36);1-2H3. The molecule has 2 aromatic heterocycles. The number of nitrogens with one attached hydrogen (secondary N) is 1. The summed E-state index contributed by atoms with van der Waals surface area (Å²) in [6.45, 7) is 5.16. The van der Waals surface area contributed by atoms with Gasteiger partial charge in [0, 0.05) is 36.2 Å². The first-order valence-electron chi connectivity index (χ1n) is 12.7. The summed E-state index contributed by atoms with van der Waals surface area (Å²) in [6.07, 6.45) is 1.88. The van der Waals surface area contributed by atoms with Crippen LogP contribution in [-0.2, 0) is 31.1 Å². The van der Waals surface area contributed by atoms with E-state index in [4.69, 9.17) is 4.74 Å². The average molecular weight is 656 g/mol. The van der Waals surface area contributed by atoms with Gasteiger partial charge in [0.1, 0.15) is 10.7 Å². The first kappa shape index (κ1) is 31.7. The number of carbonyl (C=O) groups is 1. The highest BCUT2D eigenvalue weighted by Gasteiger charge is 2.65. The molecule has 0 saturated heterocycles. The zero-order chi connectivity index (χ0) is 29.8. The van der Waals surface area contributed by atoms with Crippen LogP contribution >= 0.6 is 26.2 Å². The van der Waals surface area contributed by atoms with Crippen LogP contribution in [0.4, 0.5) is 25.2 Å². The molecule has 0 bridgehead atoms. The van der Waals surface area contributed by atoms with Crippen molar-refractivity contribution in [3.8, 4) is 5.88 Å². The summed E-state index contributed by atoms with van der Waals surface area (Å²) in [4.78, 5) is 14.0. The maximum absolute atomic E-state index is 13.5. The second kappa shape index (κ2) is 11.6. The number of aryl methyl sites for hydroxylation is 2. The molecular formula is C26H32BrF5N4O3S. The lowest BCUT2D eigenvalue weighted by molar-refractivity contribution is -0.137. The highest BCUT2D eigenvalue weighted by Crippen LogP contribution is 3.02. The molecule has 0 fully saturated rings. The number of carboxylic acids is 1. The maximum atomic E-state index is 13.5. The van der Waals surface area contributed by atoms with Crippen molar-refractivity contribution in [2.24, 2.45) is 7.05 Å². The van der Waals surface area contributed by atoms with E-state index in [1.807, 2.05) is 26.0 Å². The van der Waals surface area contributed by atoms with Gasteiger partial charge in [0.2, 0.25) is 5.88 Å². The molecular weight excluding hydrogens is 623 g/mol. The van der Waals surface area contributed by atoms with Crippen molar-refractivity contribution >= 4 is 37.9 Å². The van der Waals surface area contributed by atoms with E-state index in [0.29, 0.717) is 30.1 Å². The molecule has 40 heavy (non-hydrogen) atoms. The van der Waals surface area contributed by atoms with Gasteiger partial charge >= 0.3 is 16.2 Å². The number of aliphatic carboxylic acids is 1. The SMILES string of the molecule is CC.Cn1nc(CC(CC(=O)O)c2cc(Br)cc(S(F)(F)(F)(F)F)c2)cc1OCCc1ccc2c(n1)NCCC2. The number of fused-ring (bicyclic) bond motifs is 1. The van der Waals surface area contributed by atoms with Gasteiger partial charge in [-0.25, -0.2) is 9.67 Å². The van der Waals surface area contributed by atoms with Crippen LogP contribution in [0.25, 0.3) is 0 Å². The predicted octanol–water partition coefficient (Wildman–Crippen LogP) is 8.04. The lowest BCUT2D eigenvalue weighted by atomic mass is 9.91. The van der Waals surface area contributed by atoms with Gasteiger partial charge in [-0.15, -0.1) is 0 Å². The van der Waals surface area contributed by atoms with Crippen molar-refractivity contribution in [2.45, 2.75) is 56.8 Å². The van der Waals surface area contributed by atoms with Crippen molar-refractivity contribution in [2.75, 3.05) is 18.5 Å². The van der Waals surface area contributed by atoms with Crippen molar-refractivity contribution in [3.05, 3.63) is 63.4 Å². The van der Waals surface area contributed by atoms with E-state index in [1.54, 1.807) is 13.1 Å². The molecule has 2 N–H and O–H groups in total. The normalized spacial score (nSPS) is 15.4. The van der Waals surface area contributed by atoms with E-state index in [9.17, 15) is 29.3 Å². The van der Waals surface area contributed by atoms with E-state index in [0.717, 1.165) is 30.9 Å². The zero-order valence-corrected chi connectivity index (χ0v) is 24.7. The van der Waals surface area contributed by atoms with Crippen LogP contribution in [0.2, 0.25) is 0 Å². The largest absolute Gasteiger partial charge is 0.481 e. The molecule has 14 heteroatoms. The Balaban J connectivity index is 0.00000216. The summed E-state index contributed by atoms with van der Waals surface area (Å²) in [5, 5.41) is 16.9. The lowest BCUT2D eigenvalue weighted by Gasteiger charge is -2.41. The molecule has 0 radical (unpaired) electrons. The molecule has 222 valence electrons. The number of benzene rings is 1. The third-order valence-corrected chi connectivity index (χ3v) is 7.72. The van der Waals surface area contributed by atoms with Gasteiger partial charge in [0.05, 0.1) is 18.7 Å². The Hall–Kier alpha value is -2.87. The van der Waals surface area contributed by atoms with Crippen molar-refractivity contribution in [1.29, 1.82) is 0 Å². The molecule has 1 atom stereocenters. The maximum Gasteiger partial charge on any atom is 0.310 e. The smallest absolute Gasteiger partial charge is 0.310 e. The van der Waals surface area contributed by atoms with Crippen molar-refractivity contribution in [3.63, 3.8) is 0 Å². The van der Waals surface area contributed by atoms with Gasteiger partial charge in [-0.2, -0.15) is 5.10 Å². The van der Waals surface area contributed by atoms with E-state index in [2.05, 4.69) is 31.3 Å². The second-order valence-electron chi connectivity index (χ2n) is 9.22. The molecule has 3 aromatic rings. The number of carboxylic acid groups (broad SMARTS) is 1. The number of aromatic nitrogens is 3. The Bertz CT molecular complexity index is 1370. The number of nitrogens with zero attached hydrogens (tertiary/aromatic N) is 3.